The molecule has 1 fully saturated rings. The van der Waals surface area contributed by atoms with Crippen LogP contribution in [0.5, 0.6) is 0 Å². The fraction of sp³-hybridized carbons (Fsp3) is 0.417. The van der Waals surface area contributed by atoms with E-state index < -0.39 is 5.82 Å². The Labute approximate surface area is 177 Å². The van der Waals surface area contributed by atoms with Crippen molar-refractivity contribution in [2.45, 2.75) is 39.7 Å². The number of nitrogens with one attached hydrogen (secondary N) is 1. The molecule has 0 bridgehead atoms. The average molecular weight is 412 g/mol. The molecular weight excluding hydrogens is 381 g/mol. The van der Waals surface area contributed by atoms with E-state index in [2.05, 4.69) is 5.32 Å². The first-order valence-corrected chi connectivity index (χ1v) is 10.4. The lowest BCUT2D eigenvalue weighted by Crippen LogP contribution is -2.41. The zero-order valence-corrected chi connectivity index (χ0v) is 17.7. The summed E-state index contributed by atoms with van der Waals surface area (Å²) in [5.74, 6) is -0.542. The molecule has 1 aliphatic rings. The average Bonchev–Trinajstić information content (AvgIpc) is 2.65. The topological polar surface area (TPSA) is 75.4 Å². The van der Waals surface area contributed by atoms with Crippen molar-refractivity contribution in [2.75, 3.05) is 18.4 Å². The van der Waals surface area contributed by atoms with Gasteiger partial charge in [0.05, 0.1) is 0 Å². The van der Waals surface area contributed by atoms with Gasteiger partial charge in [-0.2, -0.15) is 0 Å². The second-order valence-corrected chi connectivity index (χ2v) is 8.86. The fourth-order valence-electron chi connectivity index (χ4n) is 3.47. The maximum atomic E-state index is 13.7. The molecule has 0 atom stereocenters. The number of carbonyl (C=O) groups excluding carboxylic acids is 2. The molecule has 3 N–H and O–H groups in total. The number of anilines is 1. The molecule has 0 saturated heterocycles. The maximum absolute atomic E-state index is 13.7. The molecule has 1 saturated carbocycles. The Bertz CT molecular complexity index is 909. The molecule has 3 rings (SSSR count). The van der Waals surface area contributed by atoms with Crippen LogP contribution in [0.3, 0.4) is 0 Å². The van der Waals surface area contributed by atoms with Crippen LogP contribution in [0.25, 0.3) is 0 Å². The molecule has 160 valence electrons. The lowest BCUT2D eigenvalue weighted by molar-refractivity contribution is -0.122. The lowest BCUT2D eigenvalue weighted by atomic mass is 9.85. The molecule has 5 nitrogen and oxygen atoms in total. The predicted molar refractivity (Wildman–Crippen MR) is 116 cm³/mol. The molecule has 2 amide bonds. The van der Waals surface area contributed by atoms with Crippen LogP contribution >= 0.6 is 0 Å². The molecule has 0 unspecified atom stereocenters. The number of amides is 2. The SMILES string of the molecule is CC(C)(CN)CN(Cc1cccc(NC(=O)C2CCC2)c1)C(=O)c1cccc(F)c1. The van der Waals surface area contributed by atoms with Crippen LogP contribution in [0.15, 0.2) is 48.5 Å². The third kappa shape index (κ3) is 5.66. The molecule has 0 radical (unpaired) electrons. The molecule has 0 aliphatic heterocycles. The number of benzene rings is 2. The molecule has 2 aromatic carbocycles. The number of nitrogens with two attached hydrogens (primary N) is 1. The highest BCUT2D eigenvalue weighted by Crippen LogP contribution is 2.28. The lowest BCUT2D eigenvalue weighted by Gasteiger charge is -2.32. The summed E-state index contributed by atoms with van der Waals surface area (Å²) in [5.41, 5.74) is 7.51. The summed E-state index contributed by atoms with van der Waals surface area (Å²) in [7, 11) is 0. The monoisotopic (exact) mass is 411 g/mol. The number of nitrogens with zero attached hydrogens (tertiary/aromatic N) is 1. The quantitative estimate of drug-likeness (QED) is 0.684. The Balaban J connectivity index is 1.79. The molecule has 30 heavy (non-hydrogen) atoms. The van der Waals surface area contributed by atoms with E-state index in [4.69, 9.17) is 5.73 Å². The molecule has 0 spiro atoms. The highest BCUT2D eigenvalue weighted by atomic mass is 19.1. The third-order valence-electron chi connectivity index (χ3n) is 5.57. The molecule has 6 heteroatoms. The smallest absolute Gasteiger partial charge is 0.254 e. The van der Waals surface area contributed by atoms with Crippen LogP contribution in [0.4, 0.5) is 10.1 Å². The van der Waals surface area contributed by atoms with Gasteiger partial charge < -0.3 is 16.0 Å². The largest absolute Gasteiger partial charge is 0.334 e. The van der Waals surface area contributed by atoms with Gasteiger partial charge in [0.1, 0.15) is 5.82 Å². The zero-order chi connectivity index (χ0) is 21.7. The second kappa shape index (κ2) is 9.39. The first kappa shape index (κ1) is 22.0. The van der Waals surface area contributed by atoms with Crippen LogP contribution in [-0.4, -0.2) is 29.8 Å². The van der Waals surface area contributed by atoms with E-state index in [1.54, 1.807) is 11.0 Å². The Morgan fingerprint density at radius 3 is 2.53 bits per heavy atom. The van der Waals surface area contributed by atoms with Gasteiger partial charge in [-0.25, -0.2) is 4.39 Å². The minimum atomic E-state index is -0.445. The fourth-order valence-corrected chi connectivity index (χ4v) is 3.47. The van der Waals surface area contributed by atoms with Crippen molar-refractivity contribution in [3.63, 3.8) is 0 Å². The van der Waals surface area contributed by atoms with Gasteiger partial charge in [0.25, 0.3) is 5.91 Å². The summed E-state index contributed by atoms with van der Waals surface area (Å²) in [6, 6.07) is 13.2. The predicted octanol–water partition coefficient (Wildman–Crippen LogP) is 4.19. The van der Waals surface area contributed by atoms with E-state index in [1.165, 1.54) is 18.2 Å². The summed E-state index contributed by atoms with van der Waals surface area (Å²) in [4.78, 5) is 27.1. The minimum absolute atomic E-state index is 0.0513. The van der Waals surface area contributed by atoms with Gasteiger partial charge in [-0.3, -0.25) is 9.59 Å². The Morgan fingerprint density at radius 2 is 1.90 bits per heavy atom. The van der Waals surface area contributed by atoms with E-state index in [9.17, 15) is 14.0 Å². The van der Waals surface area contributed by atoms with Crippen molar-refractivity contribution in [1.82, 2.24) is 4.90 Å². The molecular formula is C24H30FN3O2. The van der Waals surface area contributed by atoms with Crippen LogP contribution in [0.2, 0.25) is 0 Å². The third-order valence-corrected chi connectivity index (χ3v) is 5.57. The van der Waals surface area contributed by atoms with E-state index in [-0.39, 0.29) is 23.1 Å². The van der Waals surface area contributed by atoms with Gasteiger partial charge >= 0.3 is 0 Å². The van der Waals surface area contributed by atoms with Gasteiger partial charge in [-0.1, -0.05) is 38.5 Å². The van der Waals surface area contributed by atoms with Crippen LogP contribution < -0.4 is 11.1 Å². The van der Waals surface area contributed by atoms with Crippen LogP contribution in [-0.2, 0) is 11.3 Å². The molecule has 0 aromatic heterocycles. The van der Waals surface area contributed by atoms with Crippen molar-refractivity contribution >= 4 is 17.5 Å². The number of hydrogen-bond donors (Lipinski definition) is 2. The minimum Gasteiger partial charge on any atom is -0.334 e. The van der Waals surface area contributed by atoms with E-state index in [1.807, 2.05) is 38.1 Å². The number of rotatable bonds is 8. The Kier molecular flexibility index (Phi) is 6.87. The van der Waals surface area contributed by atoms with Gasteiger partial charge in [0, 0.05) is 30.3 Å². The number of carbonyl (C=O) groups is 2. The van der Waals surface area contributed by atoms with Crippen molar-refractivity contribution in [2.24, 2.45) is 17.1 Å². The maximum Gasteiger partial charge on any atom is 0.254 e. The van der Waals surface area contributed by atoms with E-state index >= 15 is 0 Å². The Hall–Kier alpha value is -2.73. The summed E-state index contributed by atoms with van der Waals surface area (Å²) in [5, 5.41) is 2.97. The highest BCUT2D eigenvalue weighted by molar-refractivity contribution is 5.94. The highest BCUT2D eigenvalue weighted by Gasteiger charge is 2.26. The Morgan fingerprint density at radius 1 is 1.17 bits per heavy atom. The van der Waals surface area contributed by atoms with E-state index in [0.717, 1.165) is 30.5 Å². The van der Waals surface area contributed by atoms with Crippen molar-refractivity contribution in [1.29, 1.82) is 0 Å². The van der Waals surface area contributed by atoms with Crippen LogP contribution in [0, 0.1) is 17.2 Å². The normalized spacial score (nSPS) is 14.1. The number of halogens is 1. The van der Waals surface area contributed by atoms with Gasteiger partial charge in [0.15, 0.2) is 0 Å². The van der Waals surface area contributed by atoms with E-state index in [0.29, 0.717) is 25.2 Å². The van der Waals surface area contributed by atoms with Crippen molar-refractivity contribution in [3.8, 4) is 0 Å². The molecule has 2 aromatic rings. The summed E-state index contributed by atoms with van der Waals surface area (Å²) in [6.45, 7) is 5.17. The van der Waals surface area contributed by atoms with Gasteiger partial charge in [-0.15, -0.1) is 0 Å². The zero-order valence-electron chi connectivity index (χ0n) is 17.7. The molecule has 1 aliphatic carbocycles. The number of hydrogen-bond acceptors (Lipinski definition) is 3. The molecule has 0 heterocycles. The summed E-state index contributed by atoms with van der Waals surface area (Å²) in [6.07, 6.45) is 2.98. The van der Waals surface area contributed by atoms with Gasteiger partial charge in [-0.05, 0) is 60.7 Å². The summed E-state index contributed by atoms with van der Waals surface area (Å²) < 4.78 is 13.7. The van der Waals surface area contributed by atoms with Gasteiger partial charge in [0.2, 0.25) is 5.91 Å². The van der Waals surface area contributed by atoms with Crippen molar-refractivity contribution < 1.29 is 14.0 Å². The second-order valence-electron chi connectivity index (χ2n) is 8.86. The van der Waals surface area contributed by atoms with Crippen molar-refractivity contribution in [3.05, 3.63) is 65.5 Å². The first-order valence-electron chi connectivity index (χ1n) is 10.4. The van der Waals surface area contributed by atoms with Crippen LogP contribution in [0.1, 0.15) is 49.0 Å². The summed E-state index contributed by atoms with van der Waals surface area (Å²) >= 11 is 0. The first-order chi connectivity index (χ1) is 14.3. The standard InChI is InChI=1S/C24H30FN3O2/c1-24(2,15-26)16-28(23(30)19-9-5-10-20(25)13-19)14-17-6-3-11-21(12-17)27-22(29)18-7-4-8-18/h3,5-6,9-13,18H,4,7-8,14-16,26H2,1-2H3,(H,27,29).